The lowest BCUT2D eigenvalue weighted by Gasteiger charge is -1.97. The average molecular weight is 197 g/mol. The van der Waals surface area contributed by atoms with Gasteiger partial charge in [0.05, 0.1) is 11.9 Å². The summed E-state index contributed by atoms with van der Waals surface area (Å²) in [5.74, 6) is 0. The van der Waals surface area contributed by atoms with E-state index in [0.717, 1.165) is 5.56 Å². The van der Waals surface area contributed by atoms with Crippen molar-refractivity contribution in [2.45, 2.75) is 0 Å². The lowest BCUT2D eigenvalue weighted by atomic mass is 10.2. The van der Waals surface area contributed by atoms with Crippen LogP contribution in [0, 0.1) is 0 Å². The number of nitrogen functional groups attached to an aromatic ring is 1. The molecule has 74 valence electrons. The number of aromatic nitrogens is 1. The van der Waals surface area contributed by atoms with Gasteiger partial charge in [-0.3, -0.25) is 9.98 Å². The fourth-order valence-electron chi connectivity index (χ4n) is 1.19. The first kappa shape index (κ1) is 9.40. The largest absolute Gasteiger partial charge is 0.397 e. The standard InChI is InChI=1S/C12H11N3/c13-11-6-7-14-9-12(11)15-8-10-4-2-1-3-5-10/h1-9H,(H2,13,14). The van der Waals surface area contributed by atoms with Crippen molar-refractivity contribution in [1.82, 2.24) is 4.98 Å². The van der Waals surface area contributed by atoms with Crippen LogP contribution >= 0.6 is 0 Å². The van der Waals surface area contributed by atoms with Crippen LogP contribution in [0.15, 0.2) is 53.8 Å². The van der Waals surface area contributed by atoms with Gasteiger partial charge in [-0.2, -0.15) is 0 Å². The molecule has 0 atom stereocenters. The first-order chi connectivity index (χ1) is 7.36. The van der Waals surface area contributed by atoms with E-state index in [1.165, 1.54) is 0 Å². The van der Waals surface area contributed by atoms with E-state index >= 15 is 0 Å². The van der Waals surface area contributed by atoms with Gasteiger partial charge in [0.1, 0.15) is 5.69 Å². The Bertz CT molecular complexity index is 463. The minimum absolute atomic E-state index is 0.636. The van der Waals surface area contributed by atoms with Gasteiger partial charge < -0.3 is 5.73 Å². The zero-order valence-corrected chi connectivity index (χ0v) is 8.17. The van der Waals surface area contributed by atoms with Crippen molar-refractivity contribution >= 4 is 17.6 Å². The van der Waals surface area contributed by atoms with Gasteiger partial charge in [-0.25, -0.2) is 0 Å². The molecule has 2 rings (SSSR count). The predicted octanol–water partition coefficient (Wildman–Crippen LogP) is 2.41. The quantitative estimate of drug-likeness (QED) is 0.751. The fourth-order valence-corrected chi connectivity index (χ4v) is 1.19. The number of benzene rings is 1. The predicted molar refractivity (Wildman–Crippen MR) is 62.3 cm³/mol. The highest BCUT2D eigenvalue weighted by molar-refractivity contribution is 5.83. The van der Waals surface area contributed by atoms with Gasteiger partial charge >= 0.3 is 0 Å². The maximum Gasteiger partial charge on any atom is 0.104 e. The zero-order valence-electron chi connectivity index (χ0n) is 8.17. The van der Waals surface area contributed by atoms with Crippen LogP contribution in [-0.4, -0.2) is 11.2 Å². The molecule has 0 saturated carbocycles. The number of aliphatic imine (C=N–C) groups is 1. The number of nitrogens with zero attached hydrogens (tertiary/aromatic N) is 2. The lowest BCUT2D eigenvalue weighted by Crippen LogP contribution is -1.86. The van der Waals surface area contributed by atoms with E-state index in [-0.39, 0.29) is 0 Å². The normalized spacial score (nSPS) is 10.7. The Balaban J connectivity index is 2.23. The maximum atomic E-state index is 5.73. The van der Waals surface area contributed by atoms with Crippen LogP contribution in [0.5, 0.6) is 0 Å². The minimum atomic E-state index is 0.636. The van der Waals surface area contributed by atoms with Crippen LogP contribution in [0.1, 0.15) is 5.56 Å². The van der Waals surface area contributed by atoms with E-state index in [9.17, 15) is 0 Å². The Morgan fingerprint density at radius 2 is 1.93 bits per heavy atom. The Labute approximate surface area is 88.3 Å². The number of nitrogens with two attached hydrogens (primary N) is 1. The van der Waals surface area contributed by atoms with Gasteiger partial charge in [0.15, 0.2) is 0 Å². The summed E-state index contributed by atoms with van der Waals surface area (Å²) < 4.78 is 0. The summed E-state index contributed by atoms with van der Waals surface area (Å²) in [7, 11) is 0. The highest BCUT2D eigenvalue weighted by Gasteiger charge is 1.93. The summed E-state index contributed by atoms with van der Waals surface area (Å²) in [5.41, 5.74) is 8.11. The maximum absolute atomic E-state index is 5.73. The van der Waals surface area contributed by atoms with Crippen molar-refractivity contribution in [3.8, 4) is 0 Å². The van der Waals surface area contributed by atoms with Crippen molar-refractivity contribution in [3.05, 3.63) is 54.4 Å². The first-order valence-electron chi connectivity index (χ1n) is 4.65. The second-order valence-corrected chi connectivity index (χ2v) is 3.10. The van der Waals surface area contributed by atoms with E-state index in [0.29, 0.717) is 11.4 Å². The summed E-state index contributed by atoms with van der Waals surface area (Å²) in [6, 6.07) is 11.6. The molecule has 0 radical (unpaired) electrons. The molecule has 2 aromatic rings. The highest BCUT2D eigenvalue weighted by atomic mass is 14.8. The zero-order chi connectivity index (χ0) is 10.5. The van der Waals surface area contributed by atoms with Gasteiger partial charge in [-0.05, 0) is 11.6 Å². The van der Waals surface area contributed by atoms with E-state index < -0.39 is 0 Å². The van der Waals surface area contributed by atoms with Crippen LogP contribution in [0.2, 0.25) is 0 Å². The van der Waals surface area contributed by atoms with Crippen molar-refractivity contribution in [2.24, 2.45) is 4.99 Å². The third-order valence-corrected chi connectivity index (χ3v) is 1.99. The summed E-state index contributed by atoms with van der Waals surface area (Å²) in [6.45, 7) is 0. The van der Waals surface area contributed by atoms with Crippen molar-refractivity contribution in [1.29, 1.82) is 0 Å². The second kappa shape index (κ2) is 4.37. The van der Waals surface area contributed by atoms with Gasteiger partial charge in [-0.15, -0.1) is 0 Å². The van der Waals surface area contributed by atoms with Crippen LogP contribution in [0.4, 0.5) is 11.4 Å². The molecule has 3 nitrogen and oxygen atoms in total. The number of hydrogen-bond donors (Lipinski definition) is 1. The molecule has 1 heterocycles. The molecule has 0 saturated heterocycles. The molecule has 0 aliphatic rings. The number of anilines is 1. The summed E-state index contributed by atoms with van der Waals surface area (Å²) in [4.78, 5) is 8.23. The van der Waals surface area contributed by atoms with Crippen molar-refractivity contribution in [2.75, 3.05) is 5.73 Å². The molecule has 0 amide bonds. The molecule has 0 aliphatic heterocycles. The molecular formula is C12H11N3. The molecule has 0 bridgehead atoms. The molecule has 0 unspecified atom stereocenters. The second-order valence-electron chi connectivity index (χ2n) is 3.10. The fraction of sp³-hybridized carbons (Fsp3) is 0. The topological polar surface area (TPSA) is 51.3 Å². The molecule has 3 heteroatoms. The Morgan fingerprint density at radius 3 is 2.67 bits per heavy atom. The summed E-state index contributed by atoms with van der Waals surface area (Å²) in [6.07, 6.45) is 5.07. The smallest absolute Gasteiger partial charge is 0.104 e. The van der Waals surface area contributed by atoms with Crippen LogP contribution in [-0.2, 0) is 0 Å². The van der Waals surface area contributed by atoms with E-state index in [1.807, 2.05) is 30.3 Å². The minimum Gasteiger partial charge on any atom is -0.397 e. The van der Waals surface area contributed by atoms with Gasteiger partial charge in [-0.1, -0.05) is 30.3 Å². The summed E-state index contributed by atoms with van der Waals surface area (Å²) >= 11 is 0. The first-order valence-corrected chi connectivity index (χ1v) is 4.65. The Kier molecular flexibility index (Phi) is 2.74. The molecule has 1 aromatic carbocycles. The van der Waals surface area contributed by atoms with Crippen molar-refractivity contribution < 1.29 is 0 Å². The van der Waals surface area contributed by atoms with Gasteiger partial charge in [0.25, 0.3) is 0 Å². The van der Waals surface area contributed by atoms with Crippen LogP contribution in [0.3, 0.4) is 0 Å². The van der Waals surface area contributed by atoms with Gasteiger partial charge in [0.2, 0.25) is 0 Å². The van der Waals surface area contributed by atoms with E-state index in [4.69, 9.17) is 5.73 Å². The van der Waals surface area contributed by atoms with E-state index in [1.54, 1.807) is 24.7 Å². The van der Waals surface area contributed by atoms with Crippen LogP contribution < -0.4 is 5.73 Å². The average Bonchev–Trinajstić information content (AvgIpc) is 2.29. The molecule has 1 aromatic heterocycles. The Morgan fingerprint density at radius 1 is 1.13 bits per heavy atom. The van der Waals surface area contributed by atoms with Gasteiger partial charge in [0, 0.05) is 12.4 Å². The van der Waals surface area contributed by atoms with E-state index in [2.05, 4.69) is 9.98 Å². The Hall–Kier alpha value is -2.16. The monoisotopic (exact) mass is 197 g/mol. The third kappa shape index (κ3) is 2.40. The molecule has 2 N–H and O–H groups in total. The number of pyridine rings is 1. The third-order valence-electron chi connectivity index (χ3n) is 1.99. The SMILES string of the molecule is Nc1ccncc1N=Cc1ccccc1. The summed E-state index contributed by atoms with van der Waals surface area (Å²) in [5, 5.41) is 0. The number of rotatable bonds is 2. The van der Waals surface area contributed by atoms with Crippen LogP contribution in [0.25, 0.3) is 0 Å². The number of hydrogen-bond acceptors (Lipinski definition) is 3. The van der Waals surface area contributed by atoms with Crippen molar-refractivity contribution in [3.63, 3.8) is 0 Å². The molecule has 15 heavy (non-hydrogen) atoms. The molecule has 0 fully saturated rings. The molecular weight excluding hydrogens is 186 g/mol. The molecule has 0 aliphatic carbocycles. The highest BCUT2D eigenvalue weighted by Crippen LogP contribution is 2.18. The lowest BCUT2D eigenvalue weighted by molar-refractivity contribution is 1.31. The molecule has 0 spiro atoms.